The molecule has 0 saturated carbocycles. The summed E-state index contributed by atoms with van der Waals surface area (Å²) in [6, 6.07) is 8.50. The molecule has 3 N–H and O–H groups in total. The summed E-state index contributed by atoms with van der Waals surface area (Å²) in [4.78, 5) is 2.39. The summed E-state index contributed by atoms with van der Waals surface area (Å²) < 4.78 is 22.1. The van der Waals surface area contributed by atoms with E-state index in [2.05, 4.69) is 31.1 Å². The number of benzene rings is 1. The van der Waals surface area contributed by atoms with Crippen LogP contribution in [0, 0.1) is 5.92 Å². The normalized spacial score (nSPS) is 27.5. The van der Waals surface area contributed by atoms with E-state index in [1.807, 2.05) is 24.3 Å². The number of primary sulfonamides is 1. The molecule has 1 aliphatic heterocycles. The zero-order chi connectivity index (χ0) is 15.6. The van der Waals surface area contributed by atoms with Gasteiger partial charge in [-0.05, 0) is 44.0 Å². The number of rotatable bonds is 4. The average molecular weight is 311 g/mol. The van der Waals surface area contributed by atoms with Gasteiger partial charge in [-0.25, -0.2) is 13.6 Å². The van der Waals surface area contributed by atoms with Crippen molar-refractivity contribution in [2.24, 2.45) is 11.1 Å². The Morgan fingerprint density at radius 2 is 1.90 bits per heavy atom. The van der Waals surface area contributed by atoms with Gasteiger partial charge in [-0.1, -0.05) is 19.1 Å². The summed E-state index contributed by atoms with van der Waals surface area (Å²) in [5.41, 5.74) is 1.75. The number of piperidine rings is 1. The van der Waals surface area contributed by atoms with Crippen molar-refractivity contribution in [2.45, 2.75) is 38.1 Å². The molecule has 1 aliphatic rings. The summed E-state index contributed by atoms with van der Waals surface area (Å²) in [6.07, 6.45) is 1.11. The lowest BCUT2D eigenvalue weighted by Gasteiger charge is -2.40. The molecule has 6 heteroatoms. The van der Waals surface area contributed by atoms with Gasteiger partial charge in [0, 0.05) is 24.3 Å². The van der Waals surface area contributed by atoms with Crippen LogP contribution in [0.15, 0.2) is 24.3 Å². The molecule has 1 heterocycles. The Bertz CT molecular complexity index is 571. The highest BCUT2D eigenvalue weighted by Crippen LogP contribution is 2.24. The second-order valence-electron chi connectivity index (χ2n) is 6.26. The lowest BCUT2D eigenvalue weighted by atomic mass is 9.89. The largest absolute Gasteiger partial charge is 0.382 e. The Balaban J connectivity index is 2.00. The molecule has 3 atom stereocenters. The molecule has 1 saturated heterocycles. The molecule has 1 aromatic rings. The molecule has 0 spiro atoms. The van der Waals surface area contributed by atoms with E-state index in [-0.39, 0.29) is 5.75 Å². The predicted octanol–water partition coefficient (Wildman–Crippen LogP) is 1.62. The predicted molar refractivity (Wildman–Crippen MR) is 86.5 cm³/mol. The number of hydrogen-bond acceptors (Lipinski definition) is 4. The highest BCUT2D eigenvalue weighted by Gasteiger charge is 2.28. The first kappa shape index (κ1) is 16.3. The Hall–Kier alpha value is -1.11. The first-order chi connectivity index (χ1) is 9.74. The van der Waals surface area contributed by atoms with Crippen LogP contribution in [0.25, 0.3) is 0 Å². The summed E-state index contributed by atoms with van der Waals surface area (Å²) in [7, 11) is -1.30. The maximum atomic E-state index is 11.1. The van der Waals surface area contributed by atoms with E-state index in [0.29, 0.717) is 23.6 Å². The monoisotopic (exact) mass is 311 g/mol. The first-order valence-corrected chi connectivity index (χ1v) is 9.02. The van der Waals surface area contributed by atoms with Crippen molar-refractivity contribution in [1.82, 2.24) is 4.90 Å². The maximum Gasteiger partial charge on any atom is 0.213 e. The number of nitrogens with one attached hydrogen (secondary N) is 1. The van der Waals surface area contributed by atoms with E-state index in [1.165, 1.54) is 0 Å². The molecule has 118 valence electrons. The van der Waals surface area contributed by atoms with Gasteiger partial charge in [-0.15, -0.1) is 0 Å². The summed E-state index contributed by atoms with van der Waals surface area (Å²) in [5, 5.41) is 8.62. The van der Waals surface area contributed by atoms with Gasteiger partial charge in [0.25, 0.3) is 0 Å². The third-order valence-corrected chi connectivity index (χ3v) is 5.02. The van der Waals surface area contributed by atoms with Crippen molar-refractivity contribution in [3.63, 3.8) is 0 Å². The van der Waals surface area contributed by atoms with Gasteiger partial charge < -0.3 is 10.2 Å². The van der Waals surface area contributed by atoms with E-state index < -0.39 is 10.0 Å². The van der Waals surface area contributed by atoms with Crippen LogP contribution in [-0.2, 0) is 15.8 Å². The number of sulfonamides is 1. The minimum atomic E-state index is -3.47. The smallest absolute Gasteiger partial charge is 0.213 e. The van der Waals surface area contributed by atoms with Crippen LogP contribution in [-0.4, -0.2) is 39.0 Å². The number of likely N-dealkylation sites (tertiary alicyclic amines) is 1. The summed E-state index contributed by atoms with van der Waals surface area (Å²) >= 11 is 0. The molecule has 5 nitrogen and oxygen atoms in total. The molecule has 0 aliphatic carbocycles. The van der Waals surface area contributed by atoms with Crippen LogP contribution in [0.1, 0.15) is 25.8 Å². The van der Waals surface area contributed by atoms with Gasteiger partial charge in [-0.2, -0.15) is 0 Å². The van der Waals surface area contributed by atoms with Crippen molar-refractivity contribution >= 4 is 15.7 Å². The fourth-order valence-corrected chi connectivity index (χ4v) is 3.54. The van der Waals surface area contributed by atoms with Crippen molar-refractivity contribution in [1.29, 1.82) is 0 Å². The van der Waals surface area contributed by atoms with E-state index in [1.54, 1.807) is 0 Å². The SMILES string of the molecule is CC1CN(C)C(C)CC1Nc1ccc(CS(N)(=O)=O)cc1. The van der Waals surface area contributed by atoms with Gasteiger partial charge in [0.05, 0.1) is 5.75 Å². The van der Waals surface area contributed by atoms with E-state index in [0.717, 1.165) is 18.7 Å². The topological polar surface area (TPSA) is 75.4 Å². The summed E-state index contributed by atoms with van der Waals surface area (Å²) in [5.74, 6) is 0.463. The van der Waals surface area contributed by atoms with E-state index >= 15 is 0 Å². The van der Waals surface area contributed by atoms with Gasteiger partial charge >= 0.3 is 0 Å². The molecular weight excluding hydrogens is 286 g/mol. The van der Waals surface area contributed by atoms with Gasteiger partial charge in [0.2, 0.25) is 10.0 Å². The molecule has 21 heavy (non-hydrogen) atoms. The molecule has 0 amide bonds. The lowest BCUT2D eigenvalue weighted by molar-refractivity contribution is 0.145. The molecule has 0 radical (unpaired) electrons. The van der Waals surface area contributed by atoms with Crippen LogP contribution < -0.4 is 10.5 Å². The van der Waals surface area contributed by atoms with Crippen LogP contribution in [0.2, 0.25) is 0 Å². The Morgan fingerprint density at radius 3 is 2.48 bits per heavy atom. The van der Waals surface area contributed by atoms with Crippen LogP contribution >= 0.6 is 0 Å². The second kappa shape index (κ2) is 6.34. The standard InChI is InChI=1S/C15H25N3O2S/c1-11-9-18(3)12(2)8-15(11)17-14-6-4-13(5-7-14)10-21(16,19)20/h4-7,11-12,15,17H,8-10H2,1-3H3,(H2,16,19,20). The Kier molecular flexibility index (Phi) is 4.91. The van der Waals surface area contributed by atoms with E-state index in [4.69, 9.17) is 5.14 Å². The quantitative estimate of drug-likeness (QED) is 0.886. The molecule has 1 aromatic carbocycles. The fourth-order valence-electron chi connectivity index (χ4n) is 2.89. The fraction of sp³-hybridized carbons (Fsp3) is 0.600. The number of hydrogen-bond donors (Lipinski definition) is 2. The third-order valence-electron chi connectivity index (χ3n) is 4.28. The minimum Gasteiger partial charge on any atom is -0.382 e. The van der Waals surface area contributed by atoms with Gasteiger partial charge in [0.1, 0.15) is 0 Å². The first-order valence-electron chi connectivity index (χ1n) is 7.31. The van der Waals surface area contributed by atoms with Crippen LogP contribution in [0.5, 0.6) is 0 Å². The summed E-state index contributed by atoms with van der Waals surface area (Å²) in [6.45, 7) is 5.59. The number of anilines is 1. The zero-order valence-electron chi connectivity index (χ0n) is 12.9. The highest BCUT2D eigenvalue weighted by atomic mass is 32.2. The van der Waals surface area contributed by atoms with Crippen molar-refractivity contribution in [2.75, 3.05) is 18.9 Å². The molecular formula is C15H25N3O2S. The third kappa shape index (κ3) is 4.69. The van der Waals surface area contributed by atoms with Crippen molar-refractivity contribution in [3.8, 4) is 0 Å². The molecule has 1 fully saturated rings. The Labute approximate surface area is 127 Å². The van der Waals surface area contributed by atoms with Crippen LogP contribution in [0.3, 0.4) is 0 Å². The zero-order valence-corrected chi connectivity index (χ0v) is 13.7. The average Bonchev–Trinajstić information content (AvgIpc) is 2.36. The molecule has 3 unspecified atom stereocenters. The van der Waals surface area contributed by atoms with Crippen molar-refractivity contribution < 1.29 is 8.42 Å². The Morgan fingerprint density at radius 1 is 1.29 bits per heavy atom. The number of nitrogens with two attached hydrogens (primary N) is 1. The lowest BCUT2D eigenvalue weighted by Crippen LogP contribution is -2.48. The van der Waals surface area contributed by atoms with E-state index in [9.17, 15) is 8.42 Å². The van der Waals surface area contributed by atoms with Gasteiger partial charge in [0.15, 0.2) is 0 Å². The molecule has 2 rings (SSSR count). The van der Waals surface area contributed by atoms with Crippen LogP contribution in [0.4, 0.5) is 5.69 Å². The maximum absolute atomic E-state index is 11.1. The minimum absolute atomic E-state index is 0.116. The molecule has 0 bridgehead atoms. The van der Waals surface area contributed by atoms with Gasteiger partial charge in [-0.3, -0.25) is 0 Å². The number of nitrogens with zero attached hydrogens (tertiary/aromatic N) is 1. The second-order valence-corrected chi connectivity index (χ2v) is 7.87. The van der Waals surface area contributed by atoms with Crippen molar-refractivity contribution in [3.05, 3.63) is 29.8 Å². The molecule has 0 aromatic heterocycles. The highest BCUT2D eigenvalue weighted by molar-refractivity contribution is 7.88.